The minimum absolute atomic E-state index is 0.0491. The van der Waals surface area contributed by atoms with Crippen molar-refractivity contribution in [2.24, 2.45) is 0 Å². The molecule has 5 aromatic rings. The van der Waals surface area contributed by atoms with Crippen LogP contribution in [0.5, 0.6) is 11.5 Å². The quantitative estimate of drug-likeness (QED) is 0.247. The molecule has 186 valence electrons. The number of anilines is 1. The van der Waals surface area contributed by atoms with E-state index in [9.17, 15) is 14.7 Å². The summed E-state index contributed by atoms with van der Waals surface area (Å²) in [4.78, 5) is 28.8. The number of nitrogens with zero attached hydrogens (tertiary/aromatic N) is 1. The number of rotatable bonds is 6. The normalized spacial score (nSPS) is 15.3. The molecule has 1 N–H and O–H groups in total. The Morgan fingerprint density at radius 3 is 2.32 bits per heavy atom. The highest BCUT2D eigenvalue weighted by Crippen LogP contribution is 2.43. The van der Waals surface area contributed by atoms with Crippen LogP contribution >= 0.6 is 0 Å². The molecule has 38 heavy (non-hydrogen) atoms. The summed E-state index contributed by atoms with van der Waals surface area (Å²) >= 11 is 0. The predicted octanol–water partition coefficient (Wildman–Crippen LogP) is 7.32. The van der Waals surface area contributed by atoms with E-state index in [4.69, 9.17) is 9.15 Å². The smallest absolute Gasteiger partial charge is 0.294 e. The van der Waals surface area contributed by atoms with Crippen molar-refractivity contribution < 1.29 is 23.8 Å². The lowest BCUT2D eigenvalue weighted by Crippen LogP contribution is -2.31. The number of hydrogen-bond donors (Lipinski definition) is 1. The fourth-order valence-corrected chi connectivity index (χ4v) is 4.72. The number of aliphatic hydroxyl groups is 1. The summed E-state index contributed by atoms with van der Waals surface area (Å²) in [6, 6.07) is 31.9. The summed E-state index contributed by atoms with van der Waals surface area (Å²) < 4.78 is 11.8. The average Bonchev–Trinajstić information content (AvgIpc) is 3.49. The third-order valence-electron chi connectivity index (χ3n) is 6.57. The van der Waals surface area contributed by atoms with Gasteiger partial charge in [0.15, 0.2) is 11.5 Å². The van der Waals surface area contributed by atoms with Crippen LogP contribution in [0.1, 0.15) is 27.7 Å². The zero-order chi connectivity index (χ0) is 26.2. The zero-order valence-electron chi connectivity index (χ0n) is 20.5. The topological polar surface area (TPSA) is 80.0 Å². The summed E-state index contributed by atoms with van der Waals surface area (Å²) in [5.74, 6) is -0.580. The molecular formula is C32H23NO5. The molecule has 1 aliphatic heterocycles. The number of Topliss-reactive ketones (excluding diaryl/α,β-unsaturated/α-hetero) is 1. The van der Waals surface area contributed by atoms with E-state index >= 15 is 0 Å². The van der Waals surface area contributed by atoms with Gasteiger partial charge in [0.2, 0.25) is 5.78 Å². The third-order valence-corrected chi connectivity index (χ3v) is 6.57. The fraction of sp³-hybridized carbons (Fsp3) is 0.0625. The van der Waals surface area contributed by atoms with Gasteiger partial charge in [-0.3, -0.25) is 14.5 Å². The van der Waals surface area contributed by atoms with Crippen LogP contribution in [0.3, 0.4) is 0 Å². The molecule has 0 radical (unpaired) electrons. The van der Waals surface area contributed by atoms with Crippen molar-refractivity contribution in [3.8, 4) is 11.5 Å². The Morgan fingerprint density at radius 1 is 0.842 bits per heavy atom. The number of amides is 1. The van der Waals surface area contributed by atoms with E-state index < -0.39 is 23.5 Å². The molecule has 0 bridgehead atoms. The fourth-order valence-electron chi connectivity index (χ4n) is 4.72. The van der Waals surface area contributed by atoms with Gasteiger partial charge in [0, 0.05) is 11.1 Å². The molecular weight excluding hydrogens is 478 g/mol. The van der Waals surface area contributed by atoms with Gasteiger partial charge in [-0.2, -0.15) is 0 Å². The molecule has 1 atom stereocenters. The second-order valence-electron chi connectivity index (χ2n) is 9.14. The molecule has 4 aromatic carbocycles. The summed E-state index contributed by atoms with van der Waals surface area (Å²) in [6.07, 6.45) is 0. The highest BCUT2D eigenvalue weighted by atomic mass is 16.5. The van der Waals surface area contributed by atoms with E-state index in [2.05, 4.69) is 0 Å². The molecule has 1 unspecified atom stereocenters. The molecule has 2 heterocycles. The van der Waals surface area contributed by atoms with Crippen molar-refractivity contribution in [2.45, 2.75) is 13.0 Å². The van der Waals surface area contributed by atoms with Gasteiger partial charge in [0.25, 0.3) is 5.91 Å². The van der Waals surface area contributed by atoms with Crippen molar-refractivity contribution in [3.63, 3.8) is 0 Å². The van der Waals surface area contributed by atoms with Crippen molar-refractivity contribution >= 4 is 28.3 Å². The van der Waals surface area contributed by atoms with Crippen molar-refractivity contribution in [1.82, 2.24) is 0 Å². The predicted molar refractivity (Wildman–Crippen MR) is 145 cm³/mol. The first kappa shape index (κ1) is 23.3. The number of aliphatic hydroxyl groups excluding tert-OH is 1. The van der Waals surface area contributed by atoms with Crippen molar-refractivity contribution in [3.05, 3.63) is 137 Å². The number of hydrogen-bond acceptors (Lipinski definition) is 5. The SMILES string of the molecule is Cc1ccc(N2C(=O)C(O)=C(C(=O)c3cc4ccccc4o3)C2c2cccc(Oc3ccccc3)c2)cc1. The van der Waals surface area contributed by atoms with Gasteiger partial charge in [-0.25, -0.2) is 0 Å². The molecule has 1 aliphatic rings. The first-order valence-electron chi connectivity index (χ1n) is 12.2. The lowest BCUT2D eigenvalue weighted by Gasteiger charge is -2.27. The summed E-state index contributed by atoms with van der Waals surface area (Å²) in [5, 5.41) is 11.8. The van der Waals surface area contributed by atoms with Gasteiger partial charge in [-0.1, -0.05) is 66.2 Å². The van der Waals surface area contributed by atoms with Crippen LogP contribution < -0.4 is 9.64 Å². The average molecular weight is 502 g/mol. The molecule has 1 amide bonds. The van der Waals surface area contributed by atoms with Crippen LogP contribution in [0.15, 0.2) is 125 Å². The van der Waals surface area contributed by atoms with Gasteiger partial charge in [-0.05, 0) is 61.0 Å². The van der Waals surface area contributed by atoms with E-state index in [1.807, 2.05) is 73.7 Å². The Balaban J connectivity index is 1.47. The Hall–Kier alpha value is -5.10. The lowest BCUT2D eigenvalue weighted by molar-refractivity contribution is -0.117. The number of ketones is 1. The monoisotopic (exact) mass is 501 g/mol. The highest BCUT2D eigenvalue weighted by Gasteiger charge is 2.45. The van der Waals surface area contributed by atoms with E-state index in [1.54, 1.807) is 42.5 Å². The third kappa shape index (κ3) is 4.12. The standard InChI is InChI=1S/C32H23NO5/c1-20-14-16-23(17-15-20)33-29(22-9-7-12-25(18-22)37-24-10-3-2-4-11-24)28(31(35)32(33)36)30(34)27-19-21-8-5-6-13-26(21)38-27/h2-19,29,35H,1H3. The van der Waals surface area contributed by atoms with Gasteiger partial charge < -0.3 is 14.3 Å². The van der Waals surface area contributed by atoms with Crippen LogP contribution in [0, 0.1) is 6.92 Å². The zero-order valence-corrected chi connectivity index (χ0v) is 20.5. The van der Waals surface area contributed by atoms with Crippen molar-refractivity contribution in [1.29, 1.82) is 0 Å². The molecule has 6 heteroatoms. The molecule has 1 aromatic heterocycles. The van der Waals surface area contributed by atoms with Crippen LogP contribution in [-0.4, -0.2) is 16.8 Å². The highest BCUT2D eigenvalue weighted by molar-refractivity contribution is 6.20. The van der Waals surface area contributed by atoms with Crippen LogP contribution in [0.25, 0.3) is 11.0 Å². The van der Waals surface area contributed by atoms with Crippen molar-refractivity contribution in [2.75, 3.05) is 4.90 Å². The number of para-hydroxylation sites is 2. The van der Waals surface area contributed by atoms with Crippen LogP contribution in [0.2, 0.25) is 0 Å². The number of ether oxygens (including phenoxy) is 1. The molecule has 0 saturated heterocycles. The summed E-state index contributed by atoms with van der Waals surface area (Å²) in [5.41, 5.74) is 2.68. The van der Waals surface area contributed by atoms with E-state index in [-0.39, 0.29) is 11.3 Å². The van der Waals surface area contributed by atoms with Gasteiger partial charge in [-0.15, -0.1) is 0 Å². The Kier molecular flexibility index (Phi) is 5.77. The summed E-state index contributed by atoms with van der Waals surface area (Å²) in [7, 11) is 0. The molecule has 0 fully saturated rings. The second kappa shape index (κ2) is 9.41. The summed E-state index contributed by atoms with van der Waals surface area (Å²) in [6.45, 7) is 1.95. The Morgan fingerprint density at radius 2 is 1.55 bits per heavy atom. The van der Waals surface area contributed by atoms with Crippen LogP contribution in [-0.2, 0) is 4.79 Å². The number of aryl methyl sites for hydroxylation is 1. The second-order valence-corrected chi connectivity index (χ2v) is 9.14. The van der Waals surface area contributed by atoms with E-state index in [1.165, 1.54) is 4.90 Å². The maximum atomic E-state index is 13.8. The van der Waals surface area contributed by atoms with E-state index in [0.29, 0.717) is 28.3 Å². The number of fused-ring (bicyclic) bond motifs is 1. The maximum absolute atomic E-state index is 13.8. The molecule has 0 spiro atoms. The van der Waals surface area contributed by atoms with Gasteiger partial charge in [0.05, 0.1) is 11.6 Å². The van der Waals surface area contributed by atoms with Gasteiger partial charge >= 0.3 is 0 Å². The maximum Gasteiger partial charge on any atom is 0.294 e. The molecule has 0 aliphatic carbocycles. The Bertz CT molecular complexity index is 1670. The first-order chi connectivity index (χ1) is 18.5. The number of carbonyl (C=O) groups excluding carboxylic acids is 2. The van der Waals surface area contributed by atoms with Crippen LogP contribution in [0.4, 0.5) is 5.69 Å². The lowest BCUT2D eigenvalue weighted by atomic mass is 9.94. The first-order valence-corrected chi connectivity index (χ1v) is 12.2. The minimum atomic E-state index is -0.898. The van der Waals surface area contributed by atoms with Gasteiger partial charge in [0.1, 0.15) is 17.1 Å². The molecule has 0 saturated carbocycles. The molecule has 6 rings (SSSR count). The molecule has 6 nitrogen and oxygen atoms in total. The number of furan rings is 1. The number of benzene rings is 4. The largest absolute Gasteiger partial charge is 0.503 e. The Labute approximate surface area is 219 Å². The minimum Gasteiger partial charge on any atom is -0.503 e. The van der Waals surface area contributed by atoms with E-state index in [0.717, 1.165) is 10.9 Å². The number of carbonyl (C=O) groups is 2.